The van der Waals surface area contributed by atoms with E-state index in [0.717, 1.165) is 0 Å². The fraction of sp³-hybridized carbons (Fsp3) is 0.235. The van der Waals surface area contributed by atoms with Crippen LogP contribution in [0.1, 0.15) is 10.4 Å². The third-order valence-corrected chi connectivity index (χ3v) is 7.43. The van der Waals surface area contributed by atoms with Gasteiger partial charge in [-0.2, -0.15) is 4.31 Å². The van der Waals surface area contributed by atoms with E-state index in [2.05, 4.69) is 0 Å². The van der Waals surface area contributed by atoms with Crippen LogP contribution in [0.25, 0.3) is 0 Å². The number of amides is 1. The van der Waals surface area contributed by atoms with Gasteiger partial charge < -0.3 is 10.0 Å². The van der Waals surface area contributed by atoms with E-state index in [1.165, 1.54) is 45.6 Å². The molecule has 0 atom stereocenters. The first-order valence-electron chi connectivity index (χ1n) is 7.94. The van der Waals surface area contributed by atoms with Gasteiger partial charge in [-0.15, -0.1) is 0 Å². The zero-order chi connectivity index (χ0) is 19.8. The number of hydrogen-bond acceptors (Lipinski definition) is 4. The van der Waals surface area contributed by atoms with Crippen LogP contribution in [0.5, 0.6) is 5.75 Å². The molecule has 0 spiro atoms. The van der Waals surface area contributed by atoms with Crippen molar-refractivity contribution in [1.82, 2.24) is 9.21 Å². The molecule has 1 N–H and O–H groups in total. The summed E-state index contributed by atoms with van der Waals surface area (Å²) in [5.41, 5.74) is 0.326. The lowest BCUT2D eigenvalue weighted by atomic mass is 10.2. The molecule has 3 rings (SSSR count). The van der Waals surface area contributed by atoms with E-state index in [-0.39, 0.29) is 57.8 Å². The summed E-state index contributed by atoms with van der Waals surface area (Å²) in [5, 5.41) is 9.69. The van der Waals surface area contributed by atoms with Crippen molar-refractivity contribution < 1.29 is 18.3 Å². The highest BCUT2D eigenvalue weighted by Gasteiger charge is 2.32. The first kappa shape index (κ1) is 20.2. The van der Waals surface area contributed by atoms with Crippen LogP contribution in [0.4, 0.5) is 0 Å². The molecule has 0 bridgehead atoms. The largest absolute Gasteiger partial charge is 0.506 e. The number of phenolic OH excluding ortho intramolecular Hbond substituents is 1. The van der Waals surface area contributed by atoms with Gasteiger partial charge in [-0.1, -0.05) is 40.9 Å². The Morgan fingerprint density at radius 1 is 0.963 bits per heavy atom. The molecule has 0 aliphatic carbocycles. The second-order valence-corrected chi connectivity index (χ2v) is 9.01. The number of carbonyl (C=O) groups is 1. The first-order valence-corrected chi connectivity index (χ1v) is 10.5. The van der Waals surface area contributed by atoms with E-state index < -0.39 is 10.0 Å². The van der Waals surface area contributed by atoms with Crippen molar-refractivity contribution in [3.8, 4) is 5.75 Å². The van der Waals surface area contributed by atoms with E-state index in [0.29, 0.717) is 5.56 Å². The molecule has 1 saturated heterocycles. The molecule has 1 fully saturated rings. The van der Waals surface area contributed by atoms with Crippen LogP contribution in [0, 0.1) is 0 Å². The Morgan fingerprint density at radius 3 is 2.26 bits per heavy atom. The van der Waals surface area contributed by atoms with Crippen molar-refractivity contribution in [1.29, 1.82) is 0 Å². The van der Waals surface area contributed by atoms with Crippen molar-refractivity contribution in [2.24, 2.45) is 0 Å². The zero-order valence-electron chi connectivity index (χ0n) is 13.9. The first-order chi connectivity index (χ1) is 12.7. The van der Waals surface area contributed by atoms with Crippen LogP contribution in [-0.4, -0.2) is 54.8 Å². The molecule has 0 unspecified atom stereocenters. The molecule has 0 aromatic heterocycles. The summed E-state index contributed by atoms with van der Waals surface area (Å²) in [5.74, 6) is -0.391. The Bertz CT molecular complexity index is 990. The number of benzene rings is 2. The van der Waals surface area contributed by atoms with Gasteiger partial charge in [-0.25, -0.2) is 8.42 Å². The molecule has 2 aromatic carbocycles. The summed E-state index contributed by atoms with van der Waals surface area (Å²) in [6, 6.07) is 8.64. The summed E-state index contributed by atoms with van der Waals surface area (Å²) in [6.07, 6.45) is 0. The number of hydrogen-bond donors (Lipinski definition) is 1. The summed E-state index contributed by atoms with van der Waals surface area (Å²) in [6.45, 7) is 0.689. The quantitative estimate of drug-likeness (QED) is 0.778. The number of carbonyl (C=O) groups excluding carboxylic acids is 1. The van der Waals surface area contributed by atoms with Crippen LogP contribution < -0.4 is 0 Å². The van der Waals surface area contributed by atoms with Gasteiger partial charge in [0.05, 0.1) is 15.1 Å². The highest BCUT2D eigenvalue weighted by Crippen LogP contribution is 2.31. The normalized spacial score (nSPS) is 15.7. The van der Waals surface area contributed by atoms with Gasteiger partial charge in [0, 0.05) is 31.7 Å². The van der Waals surface area contributed by atoms with Gasteiger partial charge in [0.25, 0.3) is 5.91 Å². The van der Waals surface area contributed by atoms with Crippen LogP contribution in [0.15, 0.2) is 41.3 Å². The van der Waals surface area contributed by atoms with E-state index in [1.54, 1.807) is 0 Å². The fourth-order valence-corrected chi connectivity index (χ4v) is 5.12. The van der Waals surface area contributed by atoms with Gasteiger partial charge in [0.2, 0.25) is 10.0 Å². The molecular formula is C17H15Cl3N2O4S. The average molecular weight is 450 g/mol. The third kappa shape index (κ3) is 4.02. The molecule has 10 heteroatoms. The van der Waals surface area contributed by atoms with Gasteiger partial charge >= 0.3 is 0 Å². The molecule has 1 heterocycles. The smallest absolute Gasteiger partial charge is 0.253 e. The predicted molar refractivity (Wildman–Crippen MR) is 104 cm³/mol. The van der Waals surface area contributed by atoms with E-state index in [1.807, 2.05) is 0 Å². The summed E-state index contributed by atoms with van der Waals surface area (Å²) in [4.78, 5) is 14.0. The number of halogens is 3. The number of phenols is 1. The van der Waals surface area contributed by atoms with E-state index in [9.17, 15) is 18.3 Å². The maximum atomic E-state index is 12.8. The molecule has 144 valence electrons. The van der Waals surface area contributed by atoms with Crippen LogP contribution in [0.3, 0.4) is 0 Å². The zero-order valence-corrected chi connectivity index (χ0v) is 17.0. The molecule has 27 heavy (non-hydrogen) atoms. The van der Waals surface area contributed by atoms with Crippen molar-refractivity contribution in [2.75, 3.05) is 26.2 Å². The summed E-state index contributed by atoms with van der Waals surface area (Å²) >= 11 is 17.8. The summed E-state index contributed by atoms with van der Waals surface area (Å²) < 4.78 is 26.9. The minimum atomic E-state index is -3.82. The SMILES string of the molecule is O=C(c1ccc(O)c(Cl)c1)N1CCN(S(=O)(=O)c2cccc(Cl)c2Cl)CC1. The number of aromatic hydroxyl groups is 1. The third-order valence-electron chi connectivity index (χ3n) is 4.25. The predicted octanol–water partition coefficient (Wildman–Crippen LogP) is 3.50. The highest BCUT2D eigenvalue weighted by molar-refractivity contribution is 7.89. The van der Waals surface area contributed by atoms with Gasteiger partial charge in [-0.05, 0) is 30.3 Å². The Kier molecular flexibility index (Phi) is 5.88. The minimum absolute atomic E-state index is 0.0172. The van der Waals surface area contributed by atoms with Gasteiger partial charge in [0.15, 0.2) is 0 Å². The Hall–Kier alpha value is -1.51. The standard InChI is InChI=1S/C17H15Cl3N2O4S/c18-12-2-1-3-15(16(12)20)27(25,26)22-8-6-21(7-9-22)17(24)11-4-5-14(23)13(19)10-11/h1-5,10,23H,6-9H2. The molecule has 2 aromatic rings. The number of sulfonamides is 1. The second kappa shape index (κ2) is 7.85. The number of piperazine rings is 1. The highest BCUT2D eigenvalue weighted by atomic mass is 35.5. The van der Waals surface area contributed by atoms with Crippen molar-refractivity contribution in [2.45, 2.75) is 4.90 Å². The lowest BCUT2D eigenvalue weighted by Gasteiger charge is -2.34. The molecular weight excluding hydrogens is 435 g/mol. The average Bonchev–Trinajstić information content (AvgIpc) is 2.65. The molecule has 1 aliphatic rings. The fourth-order valence-electron chi connectivity index (χ4n) is 2.78. The number of rotatable bonds is 3. The maximum absolute atomic E-state index is 12.8. The molecule has 0 saturated carbocycles. The van der Waals surface area contributed by atoms with Crippen LogP contribution in [-0.2, 0) is 10.0 Å². The van der Waals surface area contributed by atoms with Crippen molar-refractivity contribution in [3.63, 3.8) is 0 Å². The van der Waals surface area contributed by atoms with Gasteiger partial charge in [-0.3, -0.25) is 4.79 Å². The number of nitrogens with zero attached hydrogens (tertiary/aromatic N) is 2. The lowest BCUT2D eigenvalue weighted by molar-refractivity contribution is 0.0698. The van der Waals surface area contributed by atoms with E-state index in [4.69, 9.17) is 34.8 Å². The van der Waals surface area contributed by atoms with Crippen molar-refractivity contribution >= 4 is 50.7 Å². The van der Waals surface area contributed by atoms with Gasteiger partial charge in [0.1, 0.15) is 10.6 Å². The molecule has 6 nitrogen and oxygen atoms in total. The Morgan fingerprint density at radius 2 is 1.63 bits per heavy atom. The summed E-state index contributed by atoms with van der Waals surface area (Å²) in [7, 11) is -3.82. The molecule has 0 radical (unpaired) electrons. The van der Waals surface area contributed by atoms with E-state index >= 15 is 0 Å². The maximum Gasteiger partial charge on any atom is 0.253 e. The monoisotopic (exact) mass is 448 g/mol. The second-order valence-electron chi connectivity index (χ2n) is 5.91. The molecule has 1 amide bonds. The van der Waals surface area contributed by atoms with Crippen LogP contribution >= 0.6 is 34.8 Å². The topological polar surface area (TPSA) is 77.9 Å². The Balaban J connectivity index is 1.74. The minimum Gasteiger partial charge on any atom is -0.506 e. The van der Waals surface area contributed by atoms with Crippen molar-refractivity contribution in [3.05, 3.63) is 57.0 Å². The Labute approximate surface area is 171 Å². The molecule has 1 aliphatic heterocycles. The lowest BCUT2D eigenvalue weighted by Crippen LogP contribution is -2.50. The van der Waals surface area contributed by atoms with Crippen LogP contribution in [0.2, 0.25) is 15.1 Å².